The zero-order chi connectivity index (χ0) is 14.2. The van der Waals surface area contributed by atoms with E-state index in [9.17, 15) is 22.8 Å². The van der Waals surface area contributed by atoms with Crippen molar-refractivity contribution < 1.29 is 13.2 Å². The molecule has 1 saturated heterocycles. The number of nitrogens with two attached hydrogens (primary N) is 1. The zero-order valence-corrected chi connectivity index (χ0v) is 10.4. The molecule has 0 unspecified atom stereocenters. The molecule has 1 aromatic rings. The van der Waals surface area contributed by atoms with Gasteiger partial charge in [-0.25, -0.2) is 22.7 Å². The maximum Gasteiger partial charge on any atom is 0.325 e. The van der Waals surface area contributed by atoms with Crippen molar-refractivity contribution in [1.29, 1.82) is 0 Å². The Morgan fingerprint density at radius 3 is 2.58 bits per heavy atom. The lowest BCUT2D eigenvalue weighted by molar-refractivity contribution is 0.155. The van der Waals surface area contributed by atoms with Gasteiger partial charge in [0.1, 0.15) is 0 Å². The largest absolute Gasteiger partial charge is 0.351 e. The number of carbonyl (C=O) groups excluding carboxylic acids is 1. The molecule has 1 aliphatic rings. The van der Waals surface area contributed by atoms with Gasteiger partial charge in [0.15, 0.2) is 4.90 Å². The molecule has 0 radical (unpaired) electrons. The number of nitrogens with zero attached hydrogens (tertiary/aromatic N) is 1. The molecule has 0 atom stereocenters. The number of nitrogens with one attached hydrogen (secondary N) is 3. The highest BCUT2D eigenvalue weighted by atomic mass is 32.2. The van der Waals surface area contributed by atoms with Crippen molar-refractivity contribution >= 4 is 16.1 Å². The number of aromatic amines is 2. The standard InChI is InChI=1S/C8H11N5O5S/c9-7(15)13-2-4(3-13)12-19(17,18)5-1-10-8(16)11-6(5)14/h1,4,12H,2-3H2,(H2,9,15)(H2,10,11,14,16). The molecule has 19 heavy (non-hydrogen) atoms. The molecule has 0 bridgehead atoms. The molecule has 0 spiro atoms. The van der Waals surface area contributed by atoms with E-state index in [0.29, 0.717) is 0 Å². The predicted octanol–water partition coefficient (Wildman–Crippen LogP) is -2.90. The van der Waals surface area contributed by atoms with E-state index in [2.05, 4.69) is 9.71 Å². The highest BCUT2D eigenvalue weighted by Crippen LogP contribution is 2.10. The summed E-state index contributed by atoms with van der Waals surface area (Å²) < 4.78 is 25.9. The summed E-state index contributed by atoms with van der Waals surface area (Å²) in [5.41, 5.74) is 3.18. The summed E-state index contributed by atoms with van der Waals surface area (Å²) in [5, 5.41) is 0. The fourth-order valence-electron chi connectivity index (χ4n) is 1.61. The van der Waals surface area contributed by atoms with Crippen LogP contribution < -0.4 is 21.7 Å². The molecule has 5 N–H and O–H groups in total. The number of sulfonamides is 1. The maximum atomic E-state index is 11.9. The quantitative estimate of drug-likeness (QED) is 0.469. The first-order chi connectivity index (χ1) is 8.79. The summed E-state index contributed by atoms with van der Waals surface area (Å²) in [6.45, 7) is 0.269. The highest BCUT2D eigenvalue weighted by molar-refractivity contribution is 7.89. The minimum Gasteiger partial charge on any atom is -0.351 e. The molecule has 0 aliphatic carbocycles. The molecule has 1 aromatic heterocycles. The van der Waals surface area contributed by atoms with E-state index in [0.717, 1.165) is 6.20 Å². The van der Waals surface area contributed by atoms with Gasteiger partial charge in [0.2, 0.25) is 10.0 Å². The first-order valence-electron chi connectivity index (χ1n) is 5.18. The average Bonchev–Trinajstić information content (AvgIpc) is 2.21. The number of carbonyl (C=O) groups is 1. The van der Waals surface area contributed by atoms with Gasteiger partial charge in [0.25, 0.3) is 5.56 Å². The van der Waals surface area contributed by atoms with Gasteiger partial charge < -0.3 is 15.6 Å². The molecule has 104 valence electrons. The minimum atomic E-state index is -4.06. The first kappa shape index (κ1) is 13.3. The van der Waals surface area contributed by atoms with Crippen molar-refractivity contribution in [3.8, 4) is 0 Å². The number of primary amides is 1. The Balaban J connectivity index is 2.14. The van der Waals surface area contributed by atoms with E-state index in [1.54, 1.807) is 0 Å². The third kappa shape index (κ3) is 2.66. The fraction of sp³-hybridized carbons (Fsp3) is 0.375. The summed E-state index contributed by atoms with van der Waals surface area (Å²) in [4.78, 5) is 37.4. The fourth-order valence-corrected chi connectivity index (χ4v) is 2.84. The Hall–Kier alpha value is -2.14. The maximum absolute atomic E-state index is 11.9. The predicted molar refractivity (Wildman–Crippen MR) is 62.9 cm³/mol. The van der Waals surface area contributed by atoms with Crippen LogP contribution in [0.4, 0.5) is 4.79 Å². The molecule has 11 heteroatoms. The van der Waals surface area contributed by atoms with E-state index in [4.69, 9.17) is 5.73 Å². The van der Waals surface area contributed by atoms with Crippen LogP contribution in [0.3, 0.4) is 0 Å². The van der Waals surface area contributed by atoms with Gasteiger partial charge >= 0.3 is 11.7 Å². The molecule has 1 fully saturated rings. The molecule has 2 heterocycles. The van der Waals surface area contributed by atoms with Crippen LogP contribution in [-0.2, 0) is 10.0 Å². The van der Waals surface area contributed by atoms with E-state index >= 15 is 0 Å². The Morgan fingerprint density at radius 1 is 1.42 bits per heavy atom. The molecule has 0 aromatic carbocycles. The SMILES string of the molecule is NC(=O)N1CC(NS(=O)(=O)c2c[nH]c(=O)[nH]c2=O)C1. The number of aromatic nitrogens is 2. The lowest BCUT2D eigenvalue weighted by Crippen LogP contribution is -2.62. The summed E-state index contributed by atoms with van der Waals surface area (Å²) >= 11 is 0. The van der Waals surface area contributed by atoms with Crippen molar-refractivity contribution in [2.45, 2.75) is 10.9 Å². The normalized spacial score (nSPS) is 16.1. The Morgan fingerprint density at radius 2 is 2.05 bits per heavy atom. The lowest BCUT2D eigenvalue weighted by Gasteiger charge is -2.37. The van der Waals surface area contributed by atoms with Crippen molar-refractivity contribution in [3.63, 3.8) is 0 Å². The lowest BCUT2D eigenvalue weighted by atomic mass is 10.1. The van der Waals surface area contributed by atoms with Crippen LogP contribution in [0.1, 0.15) is 0 Å². The number of H-pyrrole nitrogens is 2. The topological polar surface area (TPSA) is 158 Å². The van der Waals surface area contributed by atoms with Crippen molar-refractivity contribution in [2.75, 3.05) is 13.1 Å². The van der Waals surface area contributed by atoms with Gasteiger partial charge in [0.05, 0.1) is 6.04 Å². The number of hydrogen-bond acceptors (Lipinski definition) is 5. The van der Waals surface area contributed by atoms with E-state index < -0.39 is 38.2 Å². The molecule has 2 amide bonds. The van der Waals surface area contributed by atoms with Gasteiger partial charge in [-0.3, -0.25) is 9.78 Å². The van der Waals surface area contributed by atoms with E-state index in [1.807, 2.05) is 4.98 Å². The van der Waals surface area contributed by atoms with Crippen LogP contribution in [0.5, 0.6) is 0 Å². The van der Waals surface area contributed by atoms with E-state index in [1.165, 1.54) is 4.90 Å². The molecule has 2 rings (SSSR count). The zero-order valence-electron chi connectivity index (χ0n) is 9.54. The van der Waals surface area contributed by atoms with Crippen LogP contribution in [0.15, 0.2) is 20.7 Å². The van der Waals surface area contributed by atoms with Crippen LogP contribution in [-0.4, -0.2) is 48.4 Å². The molecule has 10 nitrogen and oxygen atoms in total. The van der Waals surface area contributed by atoms with Gasteiger partial charge in [-0.15, -0.1) is 0 Å². The second-order valence-corrected chi connectivity index (χ2v) is 5.68. The summed E-state index contributed by atoms with van der Waals surface area (Å²) in [5.74, 6) is 0. The van der Waals surface area contributed by atoms with Crippen LogP contribution in [0, 0.1) is 0 Å². The molecule has 0 saturated carbocycles. The third-order valence-corrected chi connectivity index (χ3v) is 4.12. The second kappa shape index (κ2) is 4.51. The molecular formula is C8H11N5O5S. The van der Waals surface area contributed by atoms with Gasteiger partial charge in [0, 0.05) is 19.3 Å². The number of urea groups is 1. The van der Waals surface area contributed by atoms with Crippen LogP contribution >= 0.6 is 0 Å². The van der Waals surface area contributed by atoms with E-state index in [-0.39, 0.29) is 13.1 Å². The molecule has 1 aliphatic heterocycles. The average molecular weight is 289 g/mol. The summed E-state index contributed by atoms with van der Waals surface area (Å²) in [6, 6.07) is -1.15. The number of rotatable bonds is 3. The van der Waals surface area contributed by atoms with Crippen LogP contribution in [0.25, 0.3) is 0 Å². The Labute approximate surface area is 106 Å². The first-order valence-corrected chi connectivity index (χ1v) is 6.66. The van der Waals surface area contributed by atoms with Crippen LogP contribution in [0.2, 0.25) is 0 Å². The number of amides is 2. The van der Waals surface area contributed by atoms with Gasteiger partial charge in [-0.2, -0.15) is 0 Å². The number of likely N-dealkylation sites (tertiary alicyclic amines) is 1. The minimum absolute atomic E-state index is 0.135. The summed E-state index contributed by atoms with van der Waals surface area (Å²) in [7, 11) is -4.06. The van der Waals surface area contributed by atoms with Crippen molar-refractivity contribution in [2.24, 2.45) is 5.73 Å². The highest BCUT2D eigenvalue weighted by Gasteiger charge is 2.33. The Bertz CT molecular complexity index is 714. The van der Waals surface area contributed by atoms with Gasteiger partial charge in [-0.1, -0.05) is 0 Å². The second-order valence-electron chi connectivity index (χ2n) is 4.00. The van der Waals surface area contributed by atoms with Crippen molar-refractivity contribution in [1.82, 2.24) is 19.6 Å². The third-order valence-electron chi connectivity index (χ3n) is 2.59. The smallest absolute Gasteiger partial charge is 0.325 e. The molecular weight excluding hydrogens is 278 g/mol. The monoisotopic (exact) mass is 289 g/mol. The van der Waals surface area contributed by atoms with Gasteiger partial charge in [-0.05, 0) is 0 Å². The number of hydrogen-bond donors (Lipinski definition) is 4. The van der Waals surface area contributed by atoms with Crippen molar-refractivity contribution in [3.05, 3.63) is 27.0 Å². The summed E-state index contributed by atoms with van der Waals surface area (Å²) in [6.07, 6.45) is 0.814. The Kier molecular flexibility index (Phi) is 3.16.